The highest BCUT2D eigenvalue weighted by molar-refractivity contribution is 7.99. The van der Waals surface area contributed by atoms with Crippen molar-refractivity contribution < 1.29 is 19.2 Å². The van der Waals surface area contributed by atoms with Gasteiger partial charge in [0.15, 0.2) is 16.7 Å². The van der Waals surface area contributed by atoms with Gasteiger partial charge in [-0.15, -0.1) is 10.2 Å². The first kappa shape index (κ1) is 22.7. The number of nitrogens with zero attached hydrogens (tertiary/aromatic N) is 5. The number of hydrogen-bond acceptors (Lipinski definition) is 9. The summed E-state index contributed by atoms with van der Waals surface area (Å²) in [6, 6.07) is 13.9. The van der Waals surface area contributed by atoms with Gasteiger partial charge in [-0.3, -0.25) is 19.5 Å². The number of aromatic nitrogens is 3. The third-order valence-corrected chi connectivity index (χ3v) is 5.77. The van der Waals surface area contributed by atoms with E-state index in [2.05, 4.69) is 20.7 Å². The summed E-state index contributed by atoms with van der Waals surface area (Å²) in [5.41, 5.74) is 2.63. The molecule has 11 nitrogen and oxygen atoms in total. The molecule has 4 aromatic rings. The van der Waals surface area contributed by atoms with Crippen LogP contribution < -0.4 is 5.43 Å². The van der Waals surface area contributed by atoms with E-state index in [1.54, 1.807) is 36.6 Å². The fourth-order valence-electron chi connectivity index (χ4n) is 3.07. The van der Waals surface area contributed by atoms with E-state index in [4.69, 9.17) is 4.42 Å². The molecule has 0 bridgehead atoms. The molecule has 2 N–H and O–H groups in total. The number of hydrazone groups is 1. The van der Waals surface area contributed by atoms with Crippen molar-refractivity contribution in [1.82, 2.24) is 20.2 Å². The van der Waals surface area contributed by atoms with Crippen molar-refractivity contribution >= 4 is 29.6 Å². The van der Waals surface area contributed by atoms with E-state index >= 15 is 0 Å². The first-order valence-corrected chi connectivity index (χ1v) is 10.8. The molecule has 34 heavy (non-hydrogen) atoms. The number of phenols is 1. The summed E-state index contributed by atoms with van der Waals surface area (Å²) < 4.78 is 7.28. The van der Waals surface area contributed by atoms with Crippen molar-refractivity contribution in [2.45, 2.75) is 23.5 Å². The van der Waals surface area contributed by atoms with Gasteiger partial charge in [0.1, 0.15) is 5.75 Å². The number of carbonyl (C=O) groups is 1. The molecule has 0 aliphatic rings. The second-order valence-electron chi connectivity index (χ2n) is 6.83. The fourth-order valence-corrected chi connectivity index (χ4v) is 4.03. The van der Waals surface area contributed by atoms with Crippen molar-refractivity contribution in [1.29, 1.82) is 0 Å². The van der Waals surface area contributed by atoms with Crippen LogP contribution >= 0.6 is 11.8 Å². The zero-order valence-corrected chi connectivity index (χ0v) is 18.6. The molecular weight excluding hydrogens is 460 g/mol. The van der Waals surface area contributed by atoms with Crippen LogP contribution in [-0.4, -0.2) is 36.9 Å². The maximum atomic E-state index is 12.3. The molecule has 0 fully saturated rings. The van der Waals surface area contributed by atoms with E-state index in [0.717, 1.165) is 0 Å². The number of nitrogens with one attached hydrogen (secondary N) is 1. The Morgan fingerprint density at radius 2 is 2.09 bits per heavy atom. The van der Waals surface area contributed by atoms with Crippen LogP contribution in [0.4, 0.5) is 5.69 Å². The molecular formula is C22H18N6O5S. The minimum absolute atomic E-state index is 0.0507. The van der Waals surface area contributed by atoms with Crippen LogP contribution in [0.1, 0.15) is 22.8 Å². The summed E-state index contributed by atoms with van der Waals surface area (Å²) >= 11 is 1.24. The summed E-state index contributed by atoms with van der Waals surface area (Å²) in [4.78, 5) is 23.7. The number of furan rings is 1. The lowest BCUT2D eigenvalue weighted by atomic mass is 10.2. The highest BCUT2D eigenvalue weighted by Gasteiger charge is 2.18. The Morgan fingerprint density at radius 1 is 1.26 bits per heavy atom. The molecule has 0 radical (unpaired) electrons. The van der Waals surface area contributed by atoms with Crippen LogP contribution in [0.2, 0.25) is 0 Å². The molecule has 12 heteroatoms. The zero-order valence-electron chi connectivity index (χ0n) is 17.8. The average Bonchev–Trinajstić information content (AvgIpc) is 3.49. The summed E-state index contributed by atoms with van der Waals surface area (Å²) in [5.74, 6) is 0.316. The van der Waals surface area contributed by atoms with Crippen molar-refractivity contribution in [2.24, 2.45) is 5.10 Å². The van der Waals surface area contributed by atoms with Crippen molar-refractivity contribution in [3.63, 3.8) is 0 Å². The van der Waals surface area contributed by atoms with E-state index in [1.807, 2.05) is 11.5 Å². The van der Waals surface area contributed by atoms with Gasteiger partial charge in [0.2, 0.25) is 0 Å². The van der Waals surface area contributed by atoms with E-state index in [-0.39, 0.29) is 17.0 Å². The third-order valence-electron chi connectivity index (χ3n) is 4.70. The van der Waals surface area contributed by atoms with Crippen LogP contribution in [0.15, 0.2) is 80.4 Å². The molecule has 172 valence electrons. The lowest BCUT2D eigenvalue weighted by molar-refractivity contribution is -0.384. The quantitative estimate of drug-likeness (QED) is 0.218. The number of phenolic OH excluding ortho intramolecular Hbond substituents is 1. The molecule has 0 spiro atoms. The number of nitro groups is 1. The van der Waals surface area contributed by atoms with Gasteiger partial charge >= 0.3 is 0 Å². The van der Waals surface area contributed by atoms with Gasteiger partial charge in [0.25, 0.3) is 11.6 Å². The normalized spacial score (nSPS) is 11.1. The largest absolute Gasteiger partial charge is 0.507 e. The predicted molar refractivity (Wildman–Crippen MR) is 124 cm³/mol. The Labute approximate surface area is 197 Å². The Balaban J connectivity index is 1.61. The second-order valence-corrected chi connectivity index (χ2v) is 7.83. The number of rotatable bonds is 8. The summed E-state index contributed by atoms with van der Waals surface area (Å²) in [6.45, 7) is 2.50. The predicted octanol–water partition coefficient (Wildman–Crippen LogP) is 4.09. The monoisotopic (exact) mass is 478 g/mol. The van der Waals surface area contributed by atoms with E-state index < -0.39 is 10.8 Å². The molecule has 0 aliphatic heterocycles. The maximum Gasteiger partial charge on any atom is 0.275 e. The van der Waals surface area contributed by atoms with Gasteiger partial charge in [-0.25, -0.2) is 5.43 Å². The number of benzene rings is 2. The number of para-hydroxylation sites is 1. The van der Waals surface area contributed by atoms with E-state index in [1.165, 1.54) is 42.2 Å². The lowest BCUT2D eigenvalue weighted by Gasteiger charge is -2.08. The molecule has 0 atom stereocenters. The molecule has 2 heterocycles. The number of carbonyl (C=O) groups excluding carboxylic acids is 1. The topological polar surface area (TPSA) is 149 Å². The summed E-state index contributed by atoms with van der Waals surface area (Å²) in [6.07, 6.45) is 2.85. The molecule has 1 amide bonds. The molecule has 0 saturated carbocycles. The van der Waals surface area contributed by atoms with Crippen molar-refractivity contribution in [2.75, 3.05) is 0 Å². The highest BCUT2D eigenvalue weighted by Crippen LogP contribution is 2.33. The van der Waals surface area contributed by atoms with Crippen LogP contribution in [0.5, 0.6) is 5.75 Å². The number of amides is 1. The molecule has 0 aliphatic carbocycles. The lowest BCUT2D eigenvalue weighted by Crippen LogP contribution is -2.17. The van der Waals surface area contributed by atoms with Gasteiger partial charge in [-0.2, -0.15) is 5.10 Å². The van der Waals surface area contributed by atoms with E-state index in [9.17, 15) is 20.0 Å². The first-order chi connectivity index (χ1) is 16.5. The standard InChI is InChI=1S/C22H18N6O5S/c1-2-27-20(18-8-5-11-33-18)24-26-22(27)34-19-10-9-15(28(31)32)12-14(19)13-23-25-21(30)16-6-3-4-7-17(16)29/h3-13,29H,2H2,1H3,(H,25,30)/b23-13-. The SMILES string of the molecule is CCn1c(Sc2ccc([N+](=O)[O-])cc2/C=N\NC(=O)c2ccccc2O)nnc1-c1ccco1. The molecule has 2 aromatic carbocycles. The van der Waals surface area contributed by atoms with Gasteiger partial charge in [0.05, 0.1) is 23.0 Å². The maximum absolute atomic E-state index is 12.3. The van der Waals surface area contributed by atoms with Gasteiger partial charge in [0, 0.05) is 29.1 Å². The van der Waals surface area contributed by atoms with Gasteiger partial charge in [-0.05, 0) is 49.0 Å². The van der Waals surface area contributed by atoms with Crippen LogP contribution in [-0.2, 0) is 6.54 Å². The third kappa shape index (κ3) is 4.81. The molecule has 0 unspecified atom stereocenters. The van der Waals surface area contributed by atoms with Crippen LogP contribution in [0.3, 0.4) is 0 Å². The number of non-ortho nitro benzene ring substituents is 1. The van der Waals surface area contributed by atoms with Crippen molar-refractivity contribution in [3.8, 4) is 17.3 Å². The zero-order chi connectivity index (χ0) is 24.1. The summed E-state index contributed by atoms with van der Waals surface area (Å²) in [7, 11) is 0. The minimum Gasteiger partial charge on any atom is -0.507 e. The van der Waals surface area contributed by atoms with Crippen molar-refractivity contribution in [3.05, 3.63) is 82.1 Å². The molecule has 4 rings (SSSR count). The van der Waals surface area contributed by atoms with E-state index in [0.29, 0.717) is 33.7 Å². The Bertz CT molecular complexity index is 1370. The Morgan fingerprint density at radius 3 is 2.79 bits per heavy atom. The van der Waals surface area contributed by atoms with Crippen LogP contribution in [0, 0.1) is 10.1 Å². The number of nitro benzene ring substituents is 1. The molecule has 0 saturated heterocycles. The Hall–Kier alpha value is -4.45. The number of hydrogen-bond donors (Lipinski definition) is 2. The Kier molecular flexibility index (Phi) is 6.69. The minimum atomic E-state index is -0.622. The summed E-state index contributed by atoms with van der Waals surface area (Å²) in [5, 5.41) is 34.0. The smallest absolute Gasteiger partial charge is 0.275 e. The molecule has 2 aromatic heterocycles. The average molecular weight is 478 g/mol. The number of aromatic hydroxyl groups is 1. The van der Waals surface area contributed by atoms with Gasteiger partial charge < -0.3 is 9.52 Å². The van der Waals surface area contributed by atoms with Crippen LogP contribution in [0.25, 0.3) is 11.6 Å². The highest BCUT2D eigenvalue weighted by atomic mass is 32.2. The fraction of sp³-hybridized carbons (Fsp3) is 0.0909. The first-order valence-electron chi connectivity index (χ1n) is 10.0. The van der Waals surface area contributed by atoms with Gasteiger partial charge in [-0.1, -0.05) is 12.1 Å². The second kappa shape index (κ2) is 10.0.